The van der Waals surface area contributed by atoms with E-state index in [1.54, 1.807) is 4.90 Å². The molecule has 0 unspecified atom stereocenters. The zero-order valence-corrected chi connectivity index (χ0v) is 19.1. The first-order valence-corrected chi connectivity index (χ1v) is 11.6. The lowest BCUT2D eigenvalue weighted by atomic mass is 10.0. The number of ether oxygens (including phenoxy) is 1. The number of morpholine rings is 1. The van der Waals surface area contributed by atoms with E-state index in [-0.39, 0.29) is 28.6 Å². The van der Waals surface area contributed by atoms with Crippen molar-refractivity contribution in [2.75, 3.05) is 30.6 Å². The molecule has 1 aliphatic heterocycles. The molecule has 33 heavy (non-hydrogen) atoms. The van der Waals surface area contributed by atoms with Gasteiger partial charge in [-0.05, 0) is 50.2 Å². The van der Waals surface area contributed by atoms with Crippen molar-refractivity contribution in [3.8, 4) is 0 Å². The smallest absolute Gasteiger partial charge is 0.377 e. The number of nitrogens with zero attached hydrogens (tertiary/aromatic N) is 2. The van der Waals surface area contributed by atoms with Gasteiger partial charge in [0.05, 0.1) is 41.4 Å². The third-order valence-electron chi connectivity index (χ3n) is 5.32. The average molecular weight is 483 g/mol. The number of carbonyl (C=O) groups excluding carboxylic acids is 1. The molecule has 0 aliphatic carbocycles. The van der Waals surface area contributed by atoms with Gasteiger partial charge in [0.2, 0.25) is 0 Å². The molecule has 0 aromatic heterocycles. The first-order chi connectivity index (χ1) is 15.4. The summed E-state index contributed by atoms with van der Waals surface area (Å²) < 4.78 is 72.6. The minimum Gasteiger partial charge on any atom is -0.377 e. The summed E-state index contributed by atoms with van der Waals surface area (Å²) in [4.78, 5) is 14.5. The highest BCUT2D eigenvalue weighted by Crippen LogP contribution is 2.33. The minimum atomic E-state index is -4.63. The highest BCUT2D eigenvalue weighted by Gasteiger charge is 2.36. The second-order valence-electron chi connectivity index (χ2n) is 8.22. The number of anilines is 1. The van der Waals surface area contributed by atoms with E-state index in [1.165, 1.54) is 36.4 Å². The van der Waals surface area contributed by atoms with Gasteiger partial charge in [0.25, 0.3) is 15.9 Å². The monoisotopic (exact) mass is 482 g/mol. The minimum absolute atomic E-state index is 0.157. The van der Waals surface area contributed by atoms with E-state index in [0.29, 0.717) is 19.8 Å². The molecule has 0 bridgehead atoms. The quantitative estimate of drug-likeness (QED) is 0.575. The Morgan fingerprint density at radius 2 is 1.91 bits per heavy atom. The molecular formula is C23H25F3N2O4S. The van der Waals surface area contributed by atoms with Gasteiger partial charge < -0.3 is 9.64 Å². The standard InChI is InChI=1S/C23H25F3N2O4S/c1-4-11-28(19-9-6-8-18(15-19)23(24,25)26)33(30,31)20-10-5-7-17(14-20)21(29)27-12-13-32-16-22(27,2)3/h4-10,14-15H,1,11-13,16H2,2-3H3. The molecule has 1 fully saturated rings. The molecule has 0 spiro atoms. The van der Waals surface area contributed by atoms with Crippen LogP contribution in [0.4, 0.5) is 18.9 Å². The molecule has 0 radical (unpaired) electrons. The van der Waals surface area contributed by atoms with Crippen molar-refractivity contribution in [1.29, 1.82) is 0 Å². The number of rotatable bonds is 6. The van der Waals surface area contributed by atoms with Crippen molar-refractivity contribution in [2.45, 2.75) is 30.5 Å². The van der Waals surface area contributed by atoms with Crippen LogP contribution in [0.3, 0.4) is 0 Å². The van der Waals surface area contributed by atoms with Crippen molar-refractivity contribution < 1.29 is 31.1 Å². The van der Waals surface area contributed by atoms with E-state index in [4.69, 9.17) is 4.74 Å². The molecule has 10 heteroatoms. The molecule has 1 amide bonds. The van der Waals surface area contributed by atoms with Gasteiger partial charge in [-0.2, -0.15) is 13.2 Å². The predicted molar refractivity (Wildman–Crippen MR) is 119 cm³/mol. The largest absolute Gasteiger partial charge is 0.416 e. The van der Waals surface area contributed by atoms with Crippen molar-refractivity contribution in [3.05, 3.63) is 72.3 Å². The van der Waals surface area contributed by atoms with E-state index in [2.05, 4.69) is 6.58 Å². The summed E-state index contributed by atoms with van der Waals surface area (Å²) in [5.41, 5.74) is -1.54. The molecule has 1 heterocycles. The van der Waals surface area contributed by atoms with Gasteiger partial charge in [0.1, 0.15) is 0 Å². The average Bonchev–Trinajstić information content (AvgIpc) is 2.76. The Morgan fingerprint density at radius 3 is 2.55 bits per heavy atom. The fraction of sp³-hybridized carbons (Fsp3) is 0.348. The first kappa shape index (κ1) is 24.8. The fourth-order valence-electron chi connectivity index (χ4n) is 3.60. The fourth-order valence-corrected chi connectivity index (χ4v) is 5.08. The van der Waals surface area contributed by atoms with Crippen molar-refractivity contribution in [1.82, 2.24) is 4.90 Å². The van der Waals surface area contributed by atoms with E-state index in [0.717, 1.165) is 22.5 Å². The summed E-state index contributed by atoms with van der Waals surface area (Å²) in [7, 11) is -4.29. The van der Waals surface area contributed by atoms with Crippen LogP contribution in [0.5, 0.6) is 0 Å². The Hall–Kier alpha value is -2.85. The van der Waals surface area contributed by atoms with Crippen molar-refractivity contribution in [2.24, 2.45) is 0 Å². The SMILES string of the molecule is C=CCN(c1cccc(C(F)(F)F)c1)S(=O)(=O)c1cccc(C(=O)N2CCOCC2(C)C)c1. The van der Waals surface area contributed by atoms with Crippen LogP contribution >= 0.6 is 0 Å². The molecule has 1 saturated heterocycles. The van der Waals surface area contributed by atoms with Crippen LogP contribution < -0.4 is 4.31 Å². The highest BCUT2D eigenvalue weighted by molar-refractivity contribution is 7.92. The van der Waals surface area contributed by atoms with Crippen LogP contribution in [0, 0.1) is 0 Å². The van der Waals surface area contributed by atoms with E-state index < -0.39 is 27.3 Å². The van der Waals surface area contributed by atoms with E-state index in [9.17, 15) is 26.4 Å². The van der Waals surface area contributed by atoms with Gasteiger partial charge in [-0.25, -0.2) is 8.42 Å². The molecular weight excluding hydrogens is 457 g/mol. The Kier molecular flexibility index (Phi) is 6.90. The number of alkyl halides is 3. The zero-order valence-electron chi connectivity index (χ0n) is 18.3. The Balaban J connectivity index is 2.01. The molecule has 0 saturated carbocycles. The second-order valence-corrected chi connectivity index (χ2v) is 10.1. The van der Waals surface area contributed by atoms with Gasteiger partial charge >= 0.3 is 6.18 Å². The number of carbonyl (C=O) groups is 1. The van der Waals surface area contributed by atoms with Gasteiger partial charge in [-0.1, -0.05) is 18.2 Å². The number of hydrogen-bond acceptors (Lipinski definition) is 4. The summed E-state index contributed by atoms with van der Waals surface area (Å²) in [5.74, 6) is -0.352. The molecule has 6 nitrogen and oxygen atoms in total. The van der Waals surface area contributed by atoms with Crippen LogP contribution in [0.25, 0.3) is 0 Å². The number of benzene rings is 2. The van der Waals surface area contributed by atoms with Gasteiger partial charge in [0, 0.05) is 12.1 Å². The maximum Gasteiger partial charge on any atom is 0.416 e. The normalized spacial score (nSPS) is 16.3. The first-order valence-electron chi connectivity index (χ1n) is 10.2. The molecule has 0 atom stereocenters. The van der Waals surface area contributed by atoms with Crippen LogP contribution in [-0.2, 0) is 20.9 Å². The predicted octanol–water partition coefficient (Wildman–Crippen LogP) is 4.34. The van der Waals surface area contributed by atoms with Crippen LogP contribution in [-0.4, -0.2) is 51.1 Å². The number of halogens is 3. The third-order valence-corrected chi connectivity index (χ3v) is 7.11. The van der Waals surface area contributed by atoms with Crippen LogP contribution in [0.1, 0.15) is 29.8 Å². The van der Waals surface area contributed by atoms with Crippen molar-refractivity contribution in [3.63, 3.8) is 0 Å². The van der Waals surface area contributed by atoms with Gasteiger partial charge in [0.15, 0.2) is 0 Å². The topological polar surface area (TPSA) is 66.9 Å². The lowest BCUT2D eigenvalue weighted by Crippen LogP contribution is -2.55. The summed E-state index contributed by atoms with van der Waals surface area (Å²) in [6.07, 6.45) is -3.35. The van der Waals surface area contributed by atoms with E-state index >= 15 is 0 Å². The van der Waals surface area contributed by atoms with Crippen molar-refractivity contribution >= 4 is 21.6 Å². The Labute approximate surface area is 191 Å². The summed E-state index contributed by atoms with van der Waals surface area (Å²) in [6, 6.07) is 9.55. The number of amides is 1. The third kappa shape index (κ3) is 5.22. The maximum absolute atomic E-state index is 13.4. The zero-order chi connectivity index (χ0) is 24.4. The molecule has 1 aliphatic rings. The maximum atomic E-state index is 13.4. The molecule has 3 rings (SSSR count). The Bertz CT molecular complexity index is 1150. The van der Waals surface area contributed by atoms with Gasteiger partial charge in [-0.15, -0.1) is 6.58 Å². The van der Waals surface area contributed by atoms with Gasteiger partial charge in [-0.3, -0.25) is 9.10 Å². The summed E-state index contributed by atoms with van der Waals surface area (Å²) in [6.45, 7) is 8.05. The summed E-state index contributed by atoms with van der Waals surface area (Å²) >= 11 is 0. The summed E-state index contributed by atoms with van der Waals surface area (Å²) in [5, 5.41) is 0. The second kappa shape index (κ2) is 9.18. The van der Waals surface area contributed by atoms with Crippen LogP contribution in [0.15, 0.2) is 66.1 Å². The lowest BCUT2D eigenvalue weighted by Gasteiger charge is -2.42. The molecule has 0 N–H and O–H groups in total. The van der Waals surface area contributed by atoms with Crippen LogP contribution in [0.2, 0.25) is 0 Å². The van der Waals surface area contributed by atoms with E-state index in [1.807, 2.05) is 13.8 Å². The number of sulfonamides is 1. The number of hydrogen-bond donors (Lipinski definition) is 0. The lowest BCUT2D eigenvalue weighted by molar-refractivity contribution is -0.137. The molecule has 178 valence electrons. The Morgan fingerprint density at radius 1 is 1.21 bits per heavy atom. The molecule has 2 aromatic carbocycles. The highest BCUT2D eigenvalue weighted by atomic mass is 32.2. The molecule has 2 aromatic rings.